The summed E-state index contributed by atoms with van der Waals surface area (Å²) < 4.78 is 0. The minimum absolute atomic E-state index is 0.0947. The third-order valence-corrected chi connectivity index (χ3v) is 2.88. The first kappa shape index (κ1) is 15.2. The van der Waals surface area contributed by atoms with Gasteiger partial charge in [-0.3, -0.25) is 9.59 Å². The molecule has 0 radical (unpaired) electrons. The average molecular weight is 262 g/mol. The zero-order valence-corrected chi connectivity index (χ0v) is 11.9. The summed E-state index contributed by atoms with van der Waals surface area (Å²) >= 11 is 0. The highest BCUT2D eigenvalue weighted by Crippen LogP contribution is 2.16. The van der Waals surface area contributed by atoms with Crippen LogP contribution in [0.1, 0.15) is 49.0 Å². The molecular formula is C15H22N2O2. The second kappa shape index (κ2) is 7.56. The van der Waals surface area contributed by atoms with Crippen LogP contribution in [-0.2, 0) is 4.79 Å². The van der Waals surface area contributed by atoms with Crippen molar-refractivity contribution in [2.45, 2.75) is 40.0 Å². The summed E-state index contributed by atoms with van der Waals surface area (Å²) in [4.78, 5) is 23.0. The van der Waals surface area contributed by atoms with Crippen molar-refractivity contribution < 1.29 is 9.59 Å². The van der Waals surface area contributed by atoms with Crippen molar-refractivity contribution in [1.82, 2.24) is 5.32 Å². The fourth-order valence-corrected chi connectivity index (χ4v) is 1.77. The fraction of sp³-hybridized carbons (Fsp3) is 0.467. The number of rotatable bonds is 6. The quantitative estimate of drug-likeness (QED) is 0.774. The molecule has 0 aliphatic heterocycles. The van der Waals surface area contributed by atoms with Gasteiger partial charge in [0.2, 0.25) is 5.91 Å². The molecular weight excluding hydrogens is 240 g/mol. The third-order valence-electron chi connectivity index (χ3n) is 2.88. The van der Waals surface area contributed by atoms with Gasteiger partial charge in [-0.15, -0.1) is 0 Å². The van der Waals surface area contributed by atoms with E-state index >= 15 is 0 Å². The van der Waals surface area contributed by atoms with Crippen molar-refractivity contribution >= 4 is 17.5 Å². The molecule has 0 bridgehead atoms. The van der Waals surface area contributed by atoms with Gasteiger partial charge in [-0.2, -0.15) is 0 Å². The summed E-state index contributed by atoms with van der Waals surface area (Å²) in [5, 5.41) is 5.61. The molecule has 0 saturated heterocycles. The smallest absolute Gasteiger partial charge is 0.251 e. The van der Waals surface area contributed by atoms with Crippen molar-refractivity contribution in [2.75, 3.05) is 11.9 Å². The first-order valence-electron chi connectivity index (χ1n) is 6.71. The van der Waals surface area contributed by atoms with Gasteiger partial charge in [-0.05, 0) is 31.0 Å². The number of carbonyl (C=O) groups excluding carboxylic acids is 2. The molecule has 0 atom stereocenters. The Morgan fingerprint density at radius 1 is 1.21 bits per heavy atom. The summed E-state index contributed by atoms with van der Waals surface area (Å²) in [6.07, 6.45) is 3.24. The molecule has 0 aliphatic carbocycles. The highest BCUT2D eigenvalue weighted by Gasteiger charge is 2.08. The van der Waals surface area contributed by atoms with E-state index < -0.39 is 0 Å². The molecule has 104 valence electrons. The topological polar surface area (TPSA) is 58.2 Å². The van der Waals surface area contributed by atoms with Crippen LogP contribution in [0, 0.1) is 6.92 Å². The number of nitrogens with one attached hydrogen (secondary N) is 2. The van der Waals surface area contributed by atoms with Gasteiger partial charge in [0.25, 0.3) is 5.91 Å². The number of hydrogen-bond acceptors (Lipinski definition) is 2. The lowest BCUT2D eigenvalue weighted by atomic mass is 10.1. The van der Waals surface area contributed by atoms with E-state index in [0.717, 1.165) is 24.8 Å². The van der Waals surface area contributed by atoms with Crippen molar-refractivity contribution in [2.24, 2.45) is 0 Å². The molecule has 0 spiro atoms. The van der Waals surface area contributed by atoms with E-state index in [2.05, 4.69) is 17.6 Å². The van der Waals surface area contributed by atoms with Crippen LogP contribution in [0.5, 0.6) is 0 Å². The maximum Gasteiger partial charge on any atom is 0.251 e. The normalized spacial score (nSPS) is 10.1. The number of amides is 2. The number of anilines is 1. The molecule has 19 heavy (non-hydrogen) atoms. The lowest BCUT2D eigenvalue weighted by Gasteiger charge is -2.09. The summed E-state index contributed by atoms with van der Waals surface area (Å²) in [7, 11) is 0. The number of aryl methyl sites for hydroxylation is 1. The van der Waals surface area contributed by atoms with Gasteiger partial charge in [-0.1, -0.05) is 25.8 Å². The Kier molecular flexibility index (Phi) is 6.06. The van der Waals surface area contributed by atoms with Crippen LogP contribution in [0.2, 0.25) is 0 Å². The second-order valence-corrected chi connectivity index (χ2v) is 4.67. The van der Waals surface area contributed by atoms with Crippen molar-refractivity contribution in [1.29, 1.82) is 0 Å². The van der Waals surface area contributed by atoms with Gasteiger partial charge in [0.15, 0.2) is 0 Å². The monoisotopic (exact) mass is 262 g/mol. The maximum absolute atomic E-state index is 11.9. The van der Waals surface area contributed by atoms with E-state index in [9.17, 15) is 9.59 Å². The molecule has 1 rings (SSSR count). The Labute approximate surface area is 114 Å². The fourth-order valence-electron chi connectivity index (χ4n) is 1.77. The number of benzene rings is 1. The third kappa shape index (κ3) is 5.12. The Balaban J connectivity index is 2.67. The first-order chi connectivity index (χ1) is 9.04. The Bertz CT molecular complexity index is 455. The predicted molar refractivity (Wildman–Crippen MR) is 77.3 cm³/mol. The number of hydrogen-bond donors (Lipinski definition) is 2. The molecule has 0 unspecified atom stereocenters. The summed E-state index contributed by atoms with van der Waals surface area (Å²) in [5.41, 5.74) is 2.21. The van der Waals surface area contributed by atoms with E-state index in [1.807, 2.05) is 13.0 Å². The summed E-state index contributed by atoms with van der Waals surface area (Å²) in [5.74, 6) is -0.230. The van der Waals surface area contributed by atoms with Crippen LogP contribution in [0.3, 0.4) is 0 Å². The molecule has 0 fully saturated rings. The minimum atomic E-state index is -0.136. The molecule has 2 amide bonds. The van der Waals surface area contributed by atoms with Crippen LogP contribution < -0.4 is 10.6 Å². The van der Waals surface area contributed by atoms with Gasteiger partial charge in [0, 0.05) is 24.7 Å². The van der Waals surface area contributed by atoms with Crippen LogP contribution in [0.4, 0.5) is 5.69 Å². The van der Waals surface area contributed by atoms with Crippen LogP contribution in [0.25, 0.3) is 0 Å². The van der Waals surface area contributed by atoms with Crippen molar-refractivity contribution in [3.05, 3.63) is 29.3 Å². The molecule has 0 aliphatic rings. The Hall–Kier alpha value is -1.84. The first-order valence-corrected chi connectivity index (χ1v) is 6.71. The SMILES string of the molecule is CCCCCNC(=O)c1ccc(C)c(NC(C)=O)c1. The van der Waals surface area contributed by atoms with E-state index in [0.29, 0.717) is 17.8 Å². The van der Waals surface area contributed by atoms with Crippen LogP contribution in [0.15, 0.2) is 18.2 Å². The standard InChI is InChI=1S/C15H22N2O2/c1-4-5-6-9-16-15(19)13-8-7-11(2)14(10-13)17-12(3)18/h7-8,10H,4-6,9H2,1-3H3,(H,16,19)(H,17,18). The van der Waals surface area contributed by atoms with Crippen LogP contribution in [-0.4, -0.2) is 18.4 Å². The van der Waals surface area contributed by atoms with Gasteiger partial charge in [0.05, 0.1) is 0 Å². The van der Waals surface area contributed by atoms with Crippen LogP contribution >= 0.6 is 0 Å². The summed E-state index contributed by atoms with van der Waals surface area (Å²) in [6.45, 7) is 6.17. The highest BCUT2D eigenvalue weighted by molar-refractivity contribution is 5.97. The average Bonchev–Trinajstić information content (AvgIpc) is 2.36. The molecule has 1 aromatic rings. The van der Waals surface area contributed by atoms with Gasteiger partial charge >= 0.3 is 0 Å². The number of carbonyl (C=O) groups is 2. The maximum atomic E-state index is 11.9. The van der Waals surface area contributed by atoms with Gasteiger partial charge < -0.3 is 10.6 Å². The van der Waals surface area contributed by atoms with E-state index in [4.69, 9.17) is 0 Å². The molecule has 4 nitrogen and oxygen atoms in total. The molecule has 1 aromatic carbocycles. The Morgan fingerprint density at radius 2 is 1.95 bits per heavy atom. The molecule has 2 N–H and O–H groups in total. The zero-order chi connectivity index (χ0) is 14.3. The summed E-state index contributed by atoms with van der Waals surface area (Å²) in [6, 6.07) is 5.33. The second-order valence-electron chi connectivity index (χ2n) is 4.67. The lowest BCUT2D eigenvalue weighted by molar-refractivity contribution is -0.114. The van der Waals surface area contributed by atoms with Gasteiger partial charge in [-0.25, -0.2) is 0 Å². The minimum Gasteiger partial charge on any atom is -0.352 e. The molecule has 0 saturated carbocycles. The molecule has 4 heteroatoms. The van der Waals surface area contributed by atoms with Crippen molar-refractivity contribution in [3.8, 4) is 0 Å². The largest absolute Gasteiger partial charge is 0.352 e. The predicted octanol–water partition coefficient (Wildman–Crippen LogP) is 2.87. The highest BCUT2D eigenvalue weighted by atomic mass is 16.2. The lowest BCUT2D eigenvalue weighted by Crippen LogP contribution is -2.24. The van der Waals surface area contributed by atoms with Gasteiger partial charge in [0.1, 0.15) is 0 Å². The number of unbranched alkanes of at least 4 members (excludes halogenated alkanes) is 2. The molecule has 0 heterocycles. The van der Waals surface area contributed by atoms with Crippen molar-refractivity contribution in [3.63, 3.8) is 0 Å². The van der Waals surface area contributed by atoms with E-state index in [-0.39, 0.29) is 11.8 Å². The van der Waals surface area contributed by atoms with E-state index in [1.165, 1.54) is 6.92 Å². The zero-order valence-electron chi connectivity index (χ0n) is 11.9. The Morgan fingerprint density at radius 3 is 2.58 bits per heavy atom. The molecule has 0 aromatic heterocycles. The van der Waals surface area contributed by atoms with E-state index in [1.54, 1.807) is 12.1 Å².